The van der Waals surface area contributed by atoms with Gasteiger partial charge in [-0.15, -0.1) is 11.3 Å². The summed E-state index contributed by atoms with van der Waals surface area (Å²) in [4.78, 5) is 13.2. The number of alkyl carbamates (subject to hydrolysis) is 1. The number of amides is 1. The van der Waals surface area contributed by atoms with E-state index in [1.165, 1.54) is 0 Å². The molecule has 1 amide bonds. The van der Waals surface area contributed by atoms with Crippen molar-refractivity contribution in [2.45, 2.75) is 44.2 Å². The maximum absolute atomic E-state index is 12.0. The predicted octanol–water partition coefficient (Wildman–Crippen LogP) is 2.42. The van der Waals surface area contributed by atoms with Gasteiger partial charge in [0.05, 0.1) is 5.56 Å². The molecule has 1 unspecified atom stereocenters. The van der Waals surface area contributed by atoms with Crippen molar-refractivity contribution >= 4 is 22.4 Å². The Kier molecular flexibility index (Phi) is 5.03. The van der Waals surface area contributed by atoms with Gasteiger partial charge in [-0.05, 0) is 31.2 Å². The molecule has 0 aromatic carbocycles. The van der Waals surface area contributed by atoms with Crippen LogP contribution in [0.25, 0.3) is 0 Å². The van der Waals surface area contributed by atoms with Crippen LogP contribution in [0.15, 0.2) is 0 Å². The first-order chi connectivity index (χ1) is 11.2. The SMILES string of the molecule is CNc1sc2c(c1C#N)CCC(OC(=O)NC1CCOCC1)C2. The van der Waals surface area contributed by atoms with Gasteiger partial charge in [-0.3, -0.25) is 0 Å². The van der Waals surface area contributed by atoms with E-state index in [2.05, 4.69) is 16.7 Å². The van der Waals surface area contributed by atoms with Gasteiger partial charge in [0.1, 0.15) is 17.2 Å². The lowest BCUT2D eigenvalue weighted by atomic mass is 9.94. The first-order valence-electron chi connectivity index (χ1n) is 7.98. The highest BCUT2D eigenvalue weighted by Crippen LogP contribution is 2.38. The van der Waals surface area contributed by atoms with Crippen LogP contribution in [0.1, 0.15) is 35.3 Å². The van der Waals surface area contributed by atoms with Gasteiger partial charge in [0.2, 0.25) is 0 Å². The third-order valence-corrected chi connectivity index (χ3v) is 5.65. The van der Waals surface area contributed by atoms with Gasteiger partial charge in [-0.1, -0.05) is 0 Å². The molecule has 2 heterocycles. The lowest BCUT2D eigenvalue weighted by Crippen LogP contribution is -2.41. The van der Waals surface area contributed by atoms with Crippen molar-refractivity contribution in [1.29, 1.82) is 5.26 Å². The summed E-state index contributed by atoms with van der Waals surface area (Å²) in [5.74, 6) is 0. The second-order valence-electron chi connectivity index (χ2n) is 5.87. The van der Waals surface area contributed by atoms with Crippen LogP contribution in [0.2, 0.25) is 0 Å². The lowest BCUT2D eigenvalue weighted by molar-refractivity contribution is 0.0615. The molecule has 1 fully saturated rings. The summed E-state index contributed by atoms with van der Waals surface area (Å²) in [6.45, 7) is 1.38. The Morgan fingerprint density at radius 2 is 2.17 bits per heavy atom. The van der Waals surface area contributed by atoms with Crippen molar-refractivity contribution in [2.24, 2.45) is 0 Å². The Morgan fingerprint density at radius 1 is 1.39 bits per heavy atom. The Balaban J connectivity index is 1.58. The number of rotatable bonds is 3. The third kappa shape index (κ3) is 3.59. The zero-order valence-corrected chi connectivity index (χ0v) is 14.0. The Bertz CT molecular complexity index is 617. The van der Waals surface area contributed by atoms with Crippen LogP contribution in [-0.4, -0.2) is 38.5 Å². The highest BCUT2D eigenvalue weighted by molar-refractivity contribution is 7.16. The maximum Gasteiger partial charge on any atom is 0.407 e. The molecule has 2 N–H and O–H groups in total. The summed E-state index contributed by atoms with van der Waals surface area (Å²) in [7, 11) is 1.83. The fourth-order valence-electron chi connectivity index (χ4n) is 3.14. The second kappa shape index (κ2) is 7.20. The molecule has 1 aromatic heterocycles. The average molecular weight is 335 g/mol. The minimum Gasteiger partial charge on any atom is -0.446 e. The summed E-state index contributed by atoms with van der Waals surface area (Å²) in [5.41, 5.74) is 1.86. The monoisotopic (exact) mass is 335 g/mol. The standard InChI is InChI=1S/C16H21N3O3S/c1-18-15-13(9-17)12-3-2-11(8-14(12)23-15)22-16(20)19-10-4-6-21-7-5-10/h10-11,18H,2-8H2,1H3,(H,19,20). The van der Waals surface area contributed by atoms with E-state index >= 15 is 0 Å². The molecule has 1 aliphatic heterocycles. The van der Waals surface area contributed by atoms with Crippen LogP contribution in [0.5, 0.6) is 0 Å². The van der Waals surface area contributed by atoms with Crippen molar-refractivity contribution in [3.63, 3.8) is 0 Å². The molecule has 0 radical (unpaired) electrons. The number of thiophene rings is 1. The number of ether oxygens (including phenoxy) is 2. The van der Waals surface area contributed by atoms with E-state index < -0.39 is 0 Å². The van der Waals surface area contributed by atoms with E-state index in [0.717, 1.165) is 46.7 Å². The summed E-state index contributed by atoms with van der Waals surface area (Å²) >= 11 is 1.59. The second-order valence-corrected chi connectivity index (χ2v) is 6.98. The van der Waals surface area contributed by atoms with Gasteiger partial charge in [0.25, 0.3) is 0 Å². The molecule has 7 heteroatoms. The van der Waals surface area contributed by atoms with Gasteiger partial charge in [0.15, 0.2) is 0 Å². The normalized spacial score (nSPS) is 21.1. The van der Waals surface area contributed by atoms with E-state index in [0.29, 0.717) is 19.6 Å². The minimum atomic E-state index is -0.337. The van der Waals surface area contributed by atoms with Gasteiger partial charge in [-0.25, -0.2) is 4.79 Å². The zero-order chi connectivity index (χ0) is 16.2. The molecule has 0 spiro atoms. The molecule has 3 rings (SSSR count). The number of hydrogen-bond acceptors (Lipinski definition) is 6. The van der Waals surface area contributed by atoms with Crippen LogP contribution in [0.4, 0.5) is 9.80 Å². The highest BCUT2D eigenvalue weighted by Gasteiger charge is 2.28. The number of fused-ring (bicyclic) bond motifs is 1. The lowest BCUT2D eigenvalue weighted by Gasteiger charge is -2.26. The summed E-state index contributed by atoms with van der Waals surface area (Å²) in [5, 5.41) is 16.2. The molecule has 0 saturated carbocycles. The first kappa shape index (κ1) is 16.1. The fraction of sp³-hybridized carbons (Fsp3) is 0.625. The Hall–Kier alpha value is -1.78. The van der Waals surface area contributed by atoms with E-state index in [4.69, 9.17) is 9.47 Å². The molecule has 1 aromatic rings. The minimum absolute atomic E-state index is 0.114. The maximum atomic E-state index is 12.0. The van der Waals surface area contributed by atoms with Crippen molar-refractivity contribution in [1.82, 2.24) is 5.32 Å². The smallest absolute Gasteiger partial charge is 0.407 e. The molecule has 6 nitrogen and oxygen atoms in total. The Morgan fingerprint density at radius 3 is 2.87 bits per heavy atom. The van der Waals surface area contributed by atoms with Crippen LogP contribution in [-0.2, 0) is 22.3 Å². The van der Waals surface area contributed by atoms with E-state index in [1.54, 1.807) is 11.3 Å². The van der Waals surface area contributed by atoms with Gasteiger partial charge in [0, 0.05) is 37.6 Å². The molecular weight excluding hydrogens is 314 g/mol. The van der Waals surface area contributed by atoms with Crippen LogP contribution >= 0.6 is 11.3 Å². The van der Waals surface area contributed by atoms with Crippen molar-refractivity contribution in [3.8, 4) is 6.07 Å². The van der Waals surface area contributed by atoms with E-state index in [1.807, 2.05) is 7.05 Å². The molecule has 124 valence electrons. The summed E-state index contributed by atoms with van der Waals surface area (Å²) in [6.07, 6.45) is 3.47. The average Bonchev–Trinajstić information content (AvgIpc) is 2.92. The number of nitrogens with one attached hydrogen (secondary N) is 2. The topological polar surface area (TPSA) is 83.4 Å². The number of anilines is 1. The molecule has 0 bridgehead atoms. The van der Waals surface area contributed by atoms with Crippen molar-refractivity contribution in [2.75, 3.05) is 25.6 Å². The van der Waals surface area contributed by atoms with Gasteiger partial charge < -0.3 is 20.1 Å². The van der Waals surface area contributed by atoms with E-state index in [-0.39, 0.29) is 18.2 Å². The third-order valence-electron chi connectivity index (χ3n) is 4.38. The van der Waals surface area contributed by atoms with Crippen molar-refractivity contribution in [3.05, 3.63) is 16.0 Å². The molecule has 1 saturated heterocycles. The quantitative estimate of drug-likeness (QED) is 0.886. The van der Waals surface area contributed by atoms with Crippen LogP contribution < -0.4 is 10.6 Å². The largest absolute Gasteiger partial charge is 0.446 e. The van der Waals surface area contributed by atoms with Gasteiger partial charge >= 0.3 is 6.09 Å². The number of nitriles is 1. The van der Waals surface area contributed by atoms with E-state index in [9.17, 15) is 10.1 Å². The van der Waals surface area contributed by atoms with Crippen LogP contribution in [0.3, 0.4) is 0 Å². The predicted molar refractivity (Wildman–Crippen MR) is 87.9 cm³/mol. The molecular formula is C16H21N3O3S. The van der Waals surface area contributed by atoms with Crippen molar-refractivity contribution < 1.29 is 14.3 Å². The number of nitrogens with zero attached hydrogens (tertiary/aromatic N) is 1. The number of carbonyl (C=O) groups is 1. The van der Waals surface area contributed by atoms with Gasteiger partial charge in [-0.2, -0.15) is 5.26 Å². The van der Waals surface area contributed by atoms with Crippen LogP contribution in [0, 0.1) is 11.3 Å². The molecule has 1 aliphatic carbocycles. The molecule has 2 aliphatic rings. The zero-order valence-electron chi connectivity index (χ0n) is 13.2. The molecule has 23 heavy (non-hydrogen) atoms. The number of hydrogen-bond donors (Lipinski definition) is 2. The number of carbonyl (C=O) groups excluding carboxylic acids is 1. The first-order valence-corrected chi connectivity index (χ1v) is 8.80. The summed E-state index contributed by atoms with van der Waals surface area (Å²) < 4.78 is 10.9. The molecule has 1 atom stereocenters. The fourth-order valence-corrected chi connectivity index (χ4v) is 4.36. The highest BCUT2D eigenvalue weighted by atomic mass is 32.1. The Labute approximate surface area is 139 Å². The summed E-state index contributed by atoms with van der Waals surface area (Å²) in [6, 6.07) is 2.43.